The number of hydrogen-bond donors (Lipinski definition) is 2. The Morgan fingerprint density at radius 2 is 2.10 bits per heavy atom. The smallest absolute Gasteiger partial charge is 0.216 e. The van der Waals surface area contributed by atoms with Gasteiger partial charge in [0.15, 0.2) is 5.96 Å². The van der Waals surface area contributed by atoms with E-state index in [9.17, 15) is 0 Å². The van der Waals surface area contributed by atoms with Crippen molar-refractivity contribution in [2.45, 2.75) is 66.0 Å². The summed E-state index contributed by atoms with van der Waals surface area (Å²) in [5.74, 6) is 2.34. The normalized spacial score (nSPS) is 14.2. The van der Waals surface area contributed by atoms with Gasteiger partial charge >= 0.3 is 0 Å². The van der Waals surface area contributed by atoms with Crippen molar-refractivity contribution in [2.24, 2.45) is 4.99 Å². The minimum atomic E-state index is -0.0194. The third kappa shape index (κ3) is 5.23. The van der Waals surface area contributed by atoms with Gasteiger partial charge in [0, 0.05) is 18.0 Å². The van der Waals surface area contributed by atoms with Crippen LogP contribution in [-0.4, -0.2) is 23.5 Å². The number of nitrogens with zero attached hydrogens (tertiary/aromatic N) is 2. The SMILES string of the molecule is CCNC(=NCc1ncc(C(C)(C)C)o1)NC(C)CC. The lowest BCUT2D eigenvalue weighted by molar-refractivity contribution is 0.383. The predicted molar refractivity (Wildman–Crippen MR) is 82.9 cm³/mol. The van der Waals surface area contributed by atoms with Crippen LogP contribution in [0.15, 0.2) is 15.6 Å². The minimum absolute atomic E-state index is 0.0194. The van der Waals surface area contributed by atoms with E-state index >= 15 is 0 Å². The van der Waals surface area contributed by atoms with Crippen molar-refractivity contribution >= 4 is 5.96 Å². The molecule has 0 bridgehead atoms. The Morgan fingerprint density at radius 1 is 1.40 bits per heavy atom. The zero-order valence-corrected chi connectivity index (χ0v) is 13.6. The van der Waals surface area contributed by atoms with Crippen molar-refractivity contribution in [1.82, 2.24) is 15.6 Å². The van der Waals surface area contributed by atoms with Crippen LogP contribution in [0.3, 0.4) is 0 Å². The number of nitrogens with one attached hydrogen (secondary N) is 2. The van der Waals surface area contributed by atoms with Crippen LogP contribution in [0, 0.1) is 0 Å². The highest BCUT2D eigenvalue weighted by Gasteiger charge is 2.19. The molecule has 1 rings (SSSR count). The average molecular weight is 280 g/mol. The number of aliphatic imine (C=N–C) groups is 1. The van der Waals surface area contributed by atoms with E-state index < -0.39 is 0 Å². The molecule has 0 spiro atoms. The molecular formula is C15H28N4O. The summed E-state index contributed by atoms with van der Waals surface area (Å²) in [5, 5.41) is 6.57. The summed E-state index contributed by atoms with van der Waals surface area (Å²) in [6, 6.07) is 0.391. The molecule has 1 aromatic heterocycles. The predicted octanol–water partition coefficient (Wildman–Crippen LogP) is 2.83. The summed E-state index contributed by atoms with van der Waals surface area (Å²) >= 11 is 0. The molecule has 1 aromatic rings. The van der Waals surface area contributed by atoms with Crippen LogP contribution in [0.25, 0.3) is 0 Å². The third-order valence-corrected chi connectivity index (χ3v) is 3.00. The molecule has 1 unspecified atom stereocenters. The summed E-state index contributed by atoms with van der Waals surface area (Å²) < 4.78 is 5.73. The molecule has 0 amide bonds. The van der Waals surface area contributed by atoms with Crippen molar-refractivity contribution in [1.29, 1.82) is 0 Å². The second-order valence-electron chi connectivity index (χ2n) is 6.02. The molecule has 0 aliphatic heterocycles. The first-order valence-electron chi connectivity index (χ1n) is 7.36. The highest BCUT2D eigenvalue weighted by atomic mass is 16.4. The molecular weight excluding hydrogens is 252 g/mol. The van der Waals surface area contributed by atoms with Gasteiger partial charge in [0.2, 0.25) is 5.89 Å². The largest absolute Gasteiger partial charge is 0.443 e. The summed E-state index contributed by atoms with van der Waals surface area (Å²) in [6.07, 6.45) is 2.84. The Labute approximate surface area is 122 Å². The fraction of sp³-hybridized carbons (Fsp3) is 0.733. The van der Waals surface area contributed by atoms with E-state index in [-0.39, 0.29) is 5.41 Å². The Kier molecular flexibility index (Phi) is 6.05. The number of aromatic nitrogens is 1. The van der Waals surface area contributed by atoms with Crippen molar-refractivity contribution in [2.75, 3.05) is 6.54 Å². The molecule has 5 heteroatoms. The van der Waals surface area contributed by atoms with Crippen LogP contribution in [-0.2, 0) is 12.0 Å². The van der Waals surface area contributed by atoms with Gasteiger partial charge in [0.1, 0.15) is 12.3 Å². The summed E-state index contributed by atoms with van der Waals surface area (Å²) in [4.78, 5) is 8.79. The molecule has 20 heavy (non-hydrogen) atoms. The topological polar surface area (TPSA) is 62.5 Å². The monoisotopic (exact) mass is 280 g/mol. The maximum absolute atomic E-state index is 5.73. The molecule has 0 aliphatic carbocycles. The Balaban J connectivity index is 2.69. The highest BCUT2D eigenvalue weighted by Crippen LogP contribution is 2.22. The van der Waals surface area contributed by atoms with Gasteiger partial charge in [-0.1, -0.05) is 27.7 Å². The molecule has 1 atom stereocenters. The molecule has 0 radical (unpaired) electrons. The zero-order chi connectivity index (χ0) is 15.2. The van der Waals surface area contributed by atoms with Crippen LogP contribution in [0.4, 0.5) is 0 Å². The molecule has 0 aromatic carbocycles. The lowest BCUT2D eigenvalue weighted by Gasteiger charge is -2.15. The van der Waals surface area contributed by atoms with E-state index in [2.05, 4.69) is 62.2 Å². The molecule has 0 fully saturated rings. The fourth-order valence-corrected chi connectivity index (χ4v) is 1.53. The zero-order valence-electron chi connectivity index (χ0n) is 13.6. The van der Waals surface area contributed by atoms with E-state index in [1.807, 2.05) is 0 Å². The lowest BCUT2D eigenvalue weighted by Crippen LogP contribution is -2.41. The number of oxazole rings is 1. The first kappa shape index (κ1) is 16.5. The fourth-order valence-electron chi connectivity index (χ4n) is 1.53. The van der Waals surface area contributed by atoms with E-state index in [0.29, 0.717) is 18.5 Å². The number of rotatable bonds is 5. The maximum Gasteiger partial charge on any atom is 0.216 e. The van der Waals surface area contributed by atoms with Gasteiger partial charge in [0.25, 0.3) is 0 Å². The molecule has 5 nitrogen and oxygen atoms in total. The van der Waals surface area contributed by atoms with Crippen molar-refractivity contribution < 1.29 is 4.42 Å². The molecule has 0 aliphatic rings. The van der Waals surface area contributed by atoms with Gasteiger partial charge in [0.05, 0.1) is 6.20 Å². The Bertz CT molecular complexity index is 431. The molecule has 0 saturated heterocycles. The van der Waals surface area contributed by atoms with Gasteiger partial charge in [-0.3, -0.25) is 0 Å². The second-order valence-corrected chi connectivity index (χ2v) is 6.02. The standard InChI is InChI=1S/C15H28N4O/c1-7-11(3)19-14(16-8-2)18-10-13-17-9-12(20-13)15(4,5)6/h9,11H,7-8,10H2,1-6H3,(H2,16,18,19). The Hall–Kier alpha value is -1.52. The summed E-state index contributed by atoms with van der Waals surface area (Å²) in [6.45, 7) is 13.9. The van der Waals surface area contributed by atoms with Gasteiger partial charge in [-0.2, -0.15) is 0 Å². The first-order valence-corrected chi connectivity index (χ1v) is 7.36. The summed E-state index contributed by atoms with van der Waals surface area (Å²) in [5.41, 5.74) is -0.0194. The Morgan fingerprint density at radius 3 is 2.60 bits per heavy atom. The molecule has 1 heterocycles. The third-order valence-electron chi connectivity index (χ3n) is 3.00. The van der Waals surface area contributed by atoms with Crippen LogP contribution in [0.5, 0.6) is 0 Å². The number of guanidine groups is 1. The van der Waals surface area contributed by atoms with Crippen LogP contribution >= 0.6 is 0 Å². The molecule has 114 valence electrons. The minimum Gasteiger partial charge on any atom is -0.443 e. The lowest BCUT2D eigenvalue weighted by atomic mass is 9.94. The van der Waals surface area contributed by atoms with Crippen molar-refractivity contribution in [3.05, 3.63) is 17.8 Å². The van der Waals surface area contributed by atoms with Gasteiger partial charge < -0.3 is 15.1 Å². The van der Waals surface area contributed by atoms with E-state index in [1.165, 1.54) is 0 Å². The quantitative estimate of drug-likeness (QED) is 0.643. The van der Waals surface area contributed by atoms with Crippen LogP contribution < -0.4 is 10.6 Å². The van der Waals surface area contributed by atoms with Crippen molar-refractivity contribution in [3.8, 4) is 0 Å². The van der Waals surface area contributed by atoms with Gasteiger partial charge in [-0.05, 0) is 20.3 Å². The van der Waals surface area contributed by atoms with E-state index in [0.717, 1.165) is 24.7 Å². The van der Waals surface area contributed by atoms with Gasteiger partial charge in [-0.25, -0.2) is 9.98 Å². The van der Waals surface area contributed by atoms with Crippen molar-refractivity contribution in [3.63, 3.8) is 0 Å². The van der Waals surface area contributed by atoms with Crippen LogP contribution in [0.1, 0.15) is 59.6 Å². The average Bonchev–Trinajstić information content (AvgIpc) is 2.84. The highest BCUT2D eigenvalue weighted by molar-refractivity contribution is 5.79. The molecule has 2 N–H and O–H groups in total. The second kappa shape index (κ2) is 7.31. The van der Waals surface area contributed by atoms with E-state index in [1.54, 1.807) is 6.20 Å². The summed E-state index contributed by atoms with van der Waals surface area (Å²) in [7, 11) is 0. The first-order chi connectivity index (χ1) is 9.36. The molecule has 0 saturated carbocycles. The van der Waals surface area contributed by atoms with Gasteiger partial charge in [-0.15, -0.1) is 0 Å². The van der Waals surface area contributed by atoms with Crippen LogP contribution in [0.2, 0.25) is 0 Å². The van der Waals surface area contributed by atoms with E-state index in [4.69, 9.17) is 4.42 Å². The number of hydrogen-bond acceptors (Lipinski definition) is 3. The maximum atomic E-state index is 5.73.